The molecular formula is C23H28N2O4S2. The molecule has 1 aliphatic rings. The van der Waals surface area contributed by atoms with Crippen LogP contribution < -0.4 is 4.72 Å². The molecule has 0 heterocycles. The van der Waals surface area contributed by atoms with Crippen molar-refractivity contribution in [3.05, 3.63) is 84.5 Å². The molecule has 31 heavy (non-hydrogen) atoms. The fourth-order valence-electron chi connectivity index (χ4n) is 3.61. The van der Waals surface area contributed by atoms with Gasteiger partial charge in [-0.05, 0) is 51.0 Å². The number of nitrogens with one attached hydrogen (secondary N) is 1. The van der Waals surface area contributed by atoms with Gasteiger partial charge in [0.25, 0.3) is 0 Å². The van der Waals surface area contributed by atoms with Crippen molar-refractivity contribution in [1.29, 1.82) is 0 Å². The van der Waals surface area contributed by atoms with Gasteiger partial charge in [0, 0.05) is 18.6 Å². The van der Waals surface area contributed by atoms with E-state index in [1.807, 2.05) is 26.0 Å². The molecule has 0 amide bonds. The van der Waals surface area contributed by atoms with Gasteiger partial charge in [-0.15, -0.1) is 6.58 Å². The normalized spacial score (nSPS) is 19.5. The Hall–Kier alpha value is -2.26. The molecule has 1 N–H and O–H groups in total. The second-order valence-corrected chi connectivity index (χ2v) is 11.3. The second-order valence-electron chi connectivity index (χ2n) is 7.73. The zero-order chi connectivity index (χ0) is 22.6. The standard InChI is InChI=1S/C23H28N2O4S2/c1-4-17-25(31(28,29)21-15-11-19(3)12-16-21)23-8-6-5-7-22(23)24-30(26,27)20-13-9-18(2)10-14-20/h4-6,9-16,22-24H,1,7-8,17H2,2-3H3/t22-,23+/m0/s1. The first kappa shape index (κ1) is 23.4. The zero-order valence-electron chi connectivity index (χ0n) is 17.7. The molecule has 6 nitrogen and oxygen atoms in total. The van der Waals surface area contributed by atoms with E-state index >= 15 is 0 Å². The van der Waals surface area contributed by atoms with Gasteiger partial charge in [-0.25, -0.2) is 21.6 Å². The summed E-state index contributed by atoms with van der Waals surface area (Å²) in [5, 5.41) is 0. The molecule has 2 aromatic carbocycles. The minimum Gasteiger partial charge on any atom is -0.207 e. The lowest BCUT2D eigenvalue weighted by Crippen LogP contribution is -2.54. The molecule has 0 unspecified atom stereocenters. The van der Waals surface area contributed by atoms with Crippen LogP contribution in [0.1, 0.15) is 24.0 Å². The van der Waals surface area contributed by atoms with E-state index in [4.69, 9.17) is 0 Å². The highest BCUT2D eigenvalue weighted by Gasteiger charge is 2.37. The van der Waals surface area contributed by atoms with Crippen LogP contribution in [-0.2, 0) is 20.0 Å². The predicted octanol–water partition coefficient (Wildman–Crippen LogP) is 3.55. The lowest BCUT2D eigenvalue weighted by Gasteiger charge is -2.37. The first-order valence-electron chi connectivity index (χ1n) is 10.1. The average Bonchev–Trinajstić information content (AvgIpc) is 2.73. The summed E-state index contributed by atoms with van der Waals surface area (Å²) < 4.78 is 56.9. The minimum absolute atomic E-state index is 0.0808. The van der Waals surface area contributed by atoms with Gasteiger partial charge in [0.1, 0.15) is 0 Å². The number of nitrogens with zero attached hydrogens (tertiary/aromatic N) is 1. The van der Waals surface area contributed by atoms with Crippen molar-refractivity contribution in [2.75, 3.05) is 6.54 Å². The Morgan fingerprint density at radius 1 is 0.903 bits per heavy atom. The molecular weight excluding hydrogens is 432 g/mol. The summed E-state index contributed by atoms with van der Waals surface area (Å²) in [5.74, 6) is 0. The van der Waals surface area contributed by atoms with Gasteiger partial charge >= 0.3 is 0 Å². The van der Waals surface area contributed by atoms with Gasteiger partial charge in [-0.1, -0.05) is 53.6 Å². The molecule has 0 bridgehead atoms. The maximum Gasteiger partial charge on any atom is 0.243 e. The lowest BCUT2D eigenvalue weighted by atomic mass is 9.97. The Bertz CT molecular complexity index is 1150. The van der Waals surface area contributed by atoms with Crippen molar-refractivity contribution >= 4 is 20.0 Å². The first-order chi connectivity index (χ1) is 14.6. The molecule has 1 aliphatic carbocycles. The summed E-state index contributed by atoms with van der Waals surface area (Å²) in [6.07, 6.45) is 6.09. The average molecular weight is 461 g/mol. The number of rotatable bonds is 8. The molecule has 0 aromatic heterocycles. The van der Waals surface area contributed by atoms with Crippen molar-refractivity contribution in [1.82, 2.24) is 9.03 Å². The summed E-state index contributed by atoms with van der Waals surface area (Å²) >= 11 is 0. The van der Waals surface area contributed by atoms with Gasteiger partial charge in [-0.2, -0.15) is 4.31 Å². The highest BCUT2D eigenvalue weighted by Crippen LogP contribution is 2.27. The van der Waals surface area contributed by atoms with Crippen LogP contribution in [0.4, 0.5) is 0 Å². The quantitative estimate of drug-likeness (QED) is 0.611. The van der Waals surface area contributed by atoms with Crippen molar-refractivity contribution in [2.24, 2.45) is 0 Å². The maximum absolute atomic E-state index is 13.4. The van der Waals surface area contributed by atoms with Crippen LogP contribution in [-0.4, -0.2) is 39.8 Å². The SMILES string of the molecule is C=CCN([C@@H]1CC=CC[C@@H]1NS(=O)(=O)c1ccc(C)cc1)S(=O)(=O)c1ccc(C)cc1. The lowest BCUT2D eigenvalue weighted by molar-refractivity contribution is 0.280. The van der Waals surface area contributed by atoms with Crippen molar-refractivity contribution in [2.45, 2.75) is 48.6 Å². The number of hydrogen-bond acceptors (Lipinski definition) is 4. The van der Waals surface area contributed by atoms with Gasteiger partial charge in [0.05, 0.1) is 9.79 Å². The highest BCUT2D eigenvalue weighted by molar-refractivity contribution is 7.89. The number of aryl methyl sites for hydroxylation is 2. The third kappa shape index (κ3) is 5.33. The molecule has 2 atom stereocenters. The third-order valence-electron chi connectivity index (χ3n) is 5.34. The Morgan fingerprint density at radius 3 is 1.97 bits per heavy atom. The summed E-state index contributed by atoms with van der Waals surface area (Å²) in [4.78, 5) is 0.331. The van der Waals surface area contributed by atoms with E-state index in [2.05, 4.69) is 11.3 Å². The van der Waals surface area contributed by atoms with Crippen LogP contribution in [0.5, 0.6) is 0 Å². The zero-order valence-corrected chi connectivity index (χ0v) is 19.4. The van der Waals surface area contributed by atoms with E-state index < -0.39 is 32.1 Å². The van der Waals surface area contributed by atoms with Crippen LogP contribution in [0, 0.1) is 13.8 Å². The van der Waals surface area contributed by atoms with Crippen molar-refractivity contribution < 1.29 is 16.8 Å². The van der Waals surface area contributed by atoms with Crippen LogP contribution in [0.15, 0.2) is 83.1 Å². The second kappa shape index (κ2) is 9.48. The number of benzene rings is 2. The molecule has 0 saturated carbocycles. The number of hydrogen-bond donors (Lipinski definition) is 1. The summed E-state index contributed by atoms with van der Waals surface area (Å²) in [6.45, 7) is 7.56. The van der Waals surface area contributed by atoms with E-state index in [1.165, 1.54) is 10.4 Å². The molecule has 0 spiro atoms. The topological polar surface area (TPSA) is 83.6 Å². The van der Waals surface area contributed by atoms with Gasteiger partial charge in [0.2, 0.25) is 20.0 Å². The third-order valence-corrected chi connectivity index (χ3v) is 8.75. The molecule has 8 heteroatoms. The van der Waals surface area contributed by atoms with Crippen LogP contribution in [0.2, 0.25) is 0 Å². The Labute approximate surface area is 185 Å². The summed E-state index contributed by atoms with van der Waals surface area (Å²) in [6, 6.07) is 12.0. The van der Waals surface area contributed by atoms with Crippen molar-refractivity contribution in [3.8, 4) is 0 Å². The Balaban J connectivity index is 1.94. The van der Waals surface area contributed by atoms with E-state index in [1.54, 1.807) is 48.5 Å². The van der Waals surface area contributed by atoms with E-state index in [9.17, 15) is 16.8 Å². The molecule has 0 saturated heterocycles. The van der Waals surface area contributed by atoms with Crippen LogP contribution in [0.3, 0.4) is 0 Å². The minimum atomic E-state index is -3.84. The smallest absolute Gasteiger partial charge is 0.207 e. The van der Waals surface area contributed by atoms with E-state index in [0.717, 1.165) is 11.1 Å². The van der Waals surface area contributed by atoms with Gasteiger partial charge in [-0.3, -0.25) is 0 Å². The number of sulfonamides is 2. The monoisotopic (exact) mass is 460 g/mol. The molecule has 0 fully saturated rings. The molecule has 2 aromatic rings. The van der Waals surface area contributed by atoms with Crippen LogP contribution in [0.25, 0.3) is 0 Å². The fourth-order valence-corrected chi connectivity index (χ4v) is 6.54. The highest BCUT2D eigenvalue weighted by atomic mass is 32.2. The van der Waals surface area contributed by atoms with Crippen LogP contribution >= 0.6 is 0 Å². The van der Waals surface area contributed by atoms with Gasteiger partial charge in [0.15, 0.2) is 0 Å². The Kier molecular flexibility index (Phi) is 7.16. The van der Waals surface area contributed by atoms with E-state index in [-0.39, 0.29) is 16.3 Å². The molecule has 3 rings (SSSR count). The molecule has 0 radical (unpaired) electrons. The van der Waals surface area contributed by atoms with E-state index in [0.29, 0.717) is 12.8 Å². The predicted molar refractivity (Wildman–Crippen MR) is 123 cm³/mol. The van der Waals surface area contributed by atoms with Gasteiger partial charge < -0.3 is 0 Å². The first-order valence-corrected chi connectivity index (χ1v) is 13.0. The summed E-state index contributed by atoms with van der Waals surface area (Å²) in [5.41, 5.74) is 1.91. The maximum atomic E-state index is 13.4. The fraction of sp³-hybridized carbons (Fsp3) is 0.304. The summed E-state index contributed by atoms with van der Waals surface area (Å²) in [7, 11) is -7.65. The molecule has 0 aliphatic heterocycles. The largest absolute Gasteiger partial charge is 0.243 e. The molecule has 166 valence electrons. The van der Waals surface area contributed by atoms with Crippen molar-refractivity contribution in [3.63, 3.8) is 0 Å². The Morgan fingerprint density at radius 2 is 1.42 bits per heavy atom.